The minimum absolute atomic E-state index is 0.0474. The van der Waals surface area contributed by atoms with Crippen molar-refractivity contribution in [1.82, 2.24) is 4.90 Å². The molecule has 24 heavy (non-hydrogen) atoms. The molecule has 3 rings (SSSR count). The predicted molar refractivity (Wildman–Crippen MR) is 93.0 cm³/mol. The van der Waals surface area contributed by atoms with Crippen molar-refractivity contribution < 1.29 is 19.4 Å². The number of ether oxygens (including phenoxy) is 1. The molecule has 2 saturated heterocycles. The van der Waals surface area contributed by atoms with Gasteiger partial charge in [-0.3, -0.25) is 9.59 Å². The van der Waals surface area contributed by atoms with Crippen molar-refractivity contribution in [2.24, 2.45) is 11.8 Å². The number of aliphatic carboxylic acids is 1. The minimum atomic E-state index is -0.763. The Bertz CT molecular complexity index is 640. The number of aryl methyl sites for hydroxylation is 1. The molecule has 0 spiro atoms. The van der Waals surface area contributed by atoms with Gasteiger partial charge in [0.2, 0.25) is 0 Å². The van der Waals surface area contributed by atoms with E-state index in [4.69, 9.17) is 4.74 Å². The van der Waals surface area contributed by atoms with Crippen LogP contribution in [0.25, 0.3) is 0 Å². The molecule has 2 heterocycles. The van der Waals surface area contributed by atoms with Gasteiger partial charge in [0.25, 0.3) is 5.91 Å². The van der Waals surface area contributed by atoms with Crippen LogP contribution in [0.15, 0.2) is 22.7 Å². The molecule has 1 amide bonds. The number of rotatable bonds is 3. The largest absolute Gasteiger partial charge is 0.481 e. The summed E-state index contributed by atoms with van der Waals surface area (Å²) in [5, 5.41) is 9.30. The fraction of sp³-hybridized carbons (Fsp3) is 0.556. The molecule has 1 aromatic carbocycles. The number of carbonyl (C=O) groups excluding carboxylic acids is 1. The van der Waals surface area contributed by atoms with E-state index in [9.17, 15) is 14.7 Å². The van der Waals surface area contributed by atoms with Crippen molar-refractivity contribution >= 4 is 27.8 Å². The van der Waals surface area contributed by atoms with E-state index in [1.807, 2.05) is 30.0 Å². The van der Waals surface area contributed by atoms with Crippen LogP contribution in [-0.4, -0.2) is 47.7 Å². The first-order valence-corrected chi connectivity index (χ1v) is 9.16. The molecule has 2 atom stereocenters. The van der Waals surface area contributed by atoms with E-state index in [-0.39, 0.29) is 17.9 Å². The first-order chi connectivity index (χ1) is 11.5. The summed E-state index contributed by atoms with van der Waals surface area (Å²) >= 11 is 3.45. The molecule has 2 fully saturated rings. The highest BCUT2D eigenvalue weighted by atomic mass is 79.9. The van der Waals surface area contributed by atoms with E-state index in [2.05, 4.69) is 15.9 Å². The third-order valence-electron chi connectivity index (χ3n) is 5.15. The zero-order chi connectivity index (χ0) is 17.3. The third-order valence-corrected chi connectivity index (χ3v) is 6.04. The van der Waals surface area contributed by atoms with Crippen molar-refractivity contribution in [3.8, 4) is 0 Å². The number of carbonyl (C=O) groups is 2. The van der Waals surface area contributed by atoms with Crippen LogP contribution in [0.5, 0.6) is 0 Å². The highest BCUT2D eigenvalue weighted by Crippen LogP contribution is 2.33. The Hall–Kier alpha value is -1.40. The van der Waals surface area contributed by atoms with Crippen LogP contribution >= 0.6 is 15.9 Å². The Morgan fingerprint density at radius 2 is 1.96 bits per heavy atom. The summed E-state index contributed by atoms with van der Waals surface area (Å²) in [5.74, 6) is -0.886. The zero-order valence-electron chi connectivity index (χ0n) is 13.7. The summed E-state index contributed by atoms with van der Waals surface area (Å²) in [6.45, 7) is 3.81. The molecule has 0 radical (unpaired) electrons. The molecule has 1 N–H and O–H groups in total. The number of hydrogen-bond donors (Lipinski definition) is 1. The van der Waals surface area contributed by atoms with Crippen molar-refractivity contribution in [2.45, 2.75) is 32.3 Å². The number of nitrogens with zero attached hydrogens (tertiary/aromatic N) is 1. The maximum absolute atomic E-state index is 12.6. The van der Waals surface area contributed by atoms with E-state index < -0.39 is 11.9 Å². The monoisotopic (exact) mass is 395 g/mol. The normalized spacial score (nSPS) is 25.0. The van der Waals surface area contributed by atoms with Crippen LogP contribution < -0.4 is 0 Å². The first-order valence-electron chi connectivity index (χ1n) is 8.37. The smallest absolute Gasteiger partial charge is 0.309 e. The van der Waals surface area contributed by atoms with Gasteiger partial charge in [-0.15, -0.1) is 0 Å². The number of likely N-dealkylation sites (tertiary alicyclic amines) is 1. The molecule has 0 aromatic heterocycles. The molecule has 1 unspecified atom stereocenters. The van der Waals surface area contributed by atoms with Gasteiger partial charge < -0.3 is 14.7 Å². The lowest BCUT2D eigenvalue weighted by atomic mass is 9.84. The van der Waals surface area contributed by atoms with E-state index in [0.717, 1.165) is 22.9 Å². The molecule has 6 heteroatoms. The van der Waals surface area contributed by atoms with Crippen molar-refractivity contribution in [3.63, 3.8) is 0 Å². The van der Waals surface area contributed by atoms with Crippen molar-refractivity contribution in [1.29, 1.82) is 0 Å². The number of amides is 1. The number of carboxylic acid groups (broad SMARTS) is 1. The SMILES string of the molecule is Cc1cc(C(=O)N2CCC([C@@H]3OCCC3C(=O)O)CC2)ccc1Br. The summed E-state index contributed by atoms with van der Waals surface area (Å²) in [5.41, 5.74) is 1.74. The topological polar surface area (TPSA) is 66.8 Å². The summed E-state index contributed by atoms with van der Waals surface area (Å²) in [7, 11) is 0. The number of benzene rings is 1. The average Bonchev–Trinajstić information content (AvgIpc) is 3.07. The average molecular weight is 396 g/mol. The fourth-order valence-corrected chi connectivity index (χ4v) is 3.98. The van der Waals surface area contributed by atoms with Gasteiger partial charge in [-0.05, 0) is 55.9 Å². The molecule has 0 saturated carbocycles. The Kier molecular flexibility index (Phi) is 5.25. The van der Waals surface area contributed by atoms with E-state index in [0.29, 0.717) is 31.7 Å². The second kappa shape index (κ2) is 7.23. The quantitative estimate of drug-likeness (QED) is 0.853. The summed E-state index contributed by atoms with van der Waals surface area (Å²) in [6, 6.07) is 5.64. The minimum Gasteiger partial charge on any atom is -0.481 e. The Morgan fingerprint density at radius 1 is 1.25 bits per heavy atom. The van der Waals surface area contributed by atoms with Crippen LogP contribution in [0.1, 0.15) is 35.2 Å². The summed E-state index contributed by atoms with van der Waals surface area (Å²) in [4.78, 5) is 25.8. The van der Waals surface area contributed by atoms with Crippen molar-refractivity contribution in [3.05, 3.63) is 33.8 Å². The maximum atomic E-state index is 12.6. The van der Waals surface area contributed by atoms with Gasteiger partial charge in [-0.2, -0.15) is 0 Å². The second-order valence-corrected chi connectivity index (χ2v) is 7.52. The molecular weight excluding hydrogens is 374 g/mol. The lowest BCUT2D eigenvalue weighted by molar-refractivity contribution is -0.145. The van der Waals surface area contributed by atoms with Gasteiger partial charge in [-0.1, -0.05) is 15.9 Å². The highest BCUT2D eigenvalue weighted by Gasteiger charge is 2.40. The van der Waals surface area contributed by atoms with Crippen LogP contribution in [-0.2, 0) is 9.53 Å². The molecule has 1 aromatic rings. The molecular formula is C18H22BrNO4. The van der Waals surface area contributed by atoms with Crippen LogP contribution in [0, 0.1) is 18.8 Å². The van der Waals surface area contributed by atoms with Gasteiger partial charge in [0.05, 0.1) is 12.0 Å². The van der Waals surface area contributed by atoms with Gasteiger partial charge >= 0.3 is 5.97 Å². The second-order valence-electron chi connectivity index (χ2n) is 6.66. The van der Waals surface area contributed by atoms with Crippen LogP contribution in [0.2, 0.25) is 0 Å². The van der Waals surface area contributed by atoms with Crippen molar-refractivity contribution in [2.75, 3.05) is 19.7 Å². The van der Waals surface area contributed by atoms with E-state index >= 15 is 0 Å². The molecule has 2 aliphatic heterocycles. The standard InChI is InChI=1S/C18H22BrNO4/c1-11-10-13(2-3-15(11)19)17(21)20-7-4-12(5-8-20)16-14(18(22)23)6-9-24-16/h2-3,10,12,14,16H,4-9H2,1H3,(H,22,23)/t14?,16-/m0/s1. The number of piperidine rings is 1. The maximum Gasteiger partial charge on any atom is 0.309 e. The Labute approximate surface area is 150 Å². The number of halogens is 1. The Balaban J connectivity index is 1.61. The number of carboxylic acids is 1. The molecule has 2 aliphatic rings. The highest BCUT2D eigenvalue weighted by molar-refractivity contribution is 9.10. The lowest BCUT2D eigenvalue weighted by Crippen LogP contribution is -2.43. The predicted octanol–water partition coefficient (Wildman–Crippen LogP) is 3.10. The van der Waals surface area contributed by atoms with Gasteiger partial charge in [0.15, 0.2) is 0 Å². The molecule has 0 aliphatic carbocycles. The van der Waals surface area contributed by atoms with Gasteiger partial charge in [0.1, 0.15) is 0 Å². The molecule has 5 nitrogen and oxygen atoms in total. The number of hydrogen-bond acceptors (Lipinski definition) is 3. The zero-order valence-corrected chi connectivity index (χ0v) is 15.3. The van der Waals surface area contributed by atoms with Crippen LogP contribution in [0.3, 0.4) is 0 Å². The summed E-state index contributed by atoms with van der Waals surface area (Å²) in [6.07, 6.45) is 2.00. The van der Waals surface area contributed by atoms with Gasteiger partial charge in [0, 0.05) is 29.7 Å². The van der Waals surface area contributed by atoms with E-state index in [1.165, 1.54) is 0 Å². The van der Waals surface area contributed by atoms with Crippen LogP contribution in [0.4, 0.5) is 0 Å². The first kappa shape index (κ1) is 17.4. The third kappa shape index (κ3) is 3.49. The summed E-state index contributed by atoms with van der Waals surface area (Å²) < 4.78 is 6.68. The Morgan fingerprint density at radius 3 is 2.58 bits per heavy atom. The van der Waals surface area contributed by atoms with Gasteiger partial charge in [-0.25, -0.2) is 0 Å². The van der Waals surface area contributed by atoms with E-state index in [1.54, 1.807) is 0 Å². The molecule has 130 valence electrons. The fourth-order valence-electron chi connectivity index (χ4n) is 3.73. The lowest BCUT2D eigenvalue weighted by Gasteiger charge is -2.35. The molecule has 0 bridgehead atoms.